The van der Waals surface area contributed by atoms with Crippen molar-refractivity contribution in [2.24, 2.45) is 0 Å². The Morgan fingerprint density at radius 3 is 2.71 bits per heavy atom. The number of benzene rings is 2. The summed E-state index contributed by atoms with van der Waals surface area (Å²) in [5, 5.41) is 0. The molecule has 0 bridgehead atoms. The molecule has 174 valence electrons. The van der Waals surface area contributed by atoms with E-state index in [2.05, 4.69) is 9.97 Å². The number of halogens is 1. The fourth-order valence-corrected chi connectivity index (χ4v) is 4.02. The Labute approximate surface area is 194 Å². The molecule has 1 spiro atoms. The topological polar surface area (TPSA) is 94.1 Å². The molecule has 34 heavy (non-hydrogen) atoms. The second-order valence-corrected chi connectivity index (χ2v) is 8.06. The van der Waals surface area contributed by atoms with Gasteiger partial charge in [0.1, 0.15) is 11.6 Å². The van der Waals surface area contributed by atoms with Crippen LogP contribution in [0.4, 0.5) is 14.9 Å². The molecule has 0 radical (unpaired) electrons. The van der Waals surface area contributed by atoms with Gasteiger partial charge < -0.3 is 19.1 Å². The SMILES string of the molecule is O=C(c1cccc(Oc2ncccn2)c1)N1CCOC[C@]2(C1)CN(c1cccc(F)c1)C(=O)O2. The van der Waals surface area contributed by atoms with Crippen LogP contribution in [0.2, 0.25) is 0 Å². The van der Waals surface area contributed by atoms with Gasteiger partial charge in [-0.2, -0.15) is 0 Å². The Bertz CT molecular complexity index is 1210. The molecule has 9 nitrogen and oxygen atoms in total. The molecule has 2 saturated heterocycles. The van der Waals surface area contributed by atoms with E-state index < -0.39 is 17.5 Å². The summed E-state index contributed by atoms with van der Waals surface area (Å²) in [5.41, 5.74) is -0.282. The van der Waals surface area contributed by atoms with Crippen molar-refractivity contribution >= 4 is 17.7 Å². The number of aromatic nitrogens is 2. The maximum Gasteiger partial charge on any atom is 0.415 e. The van der Waals surface area contributed by atoms with E-state index in [-0.39, 0.29) is 31.6 Å². The molecule has 2 aromatic carbocycles. The predicted molar refractivity (Wildman–Crippen MR) is 118 cm³/mol. The summed E-state index contributed by atoms with van der Waals surface area (Å²) >= 11 is 0. The van der Waals surface area contributed by atoms with E-state index in [4.69, 9.17) is 14.2 Å². The summed E-state index contributed by atoms with van der Waals surface area (Å²) in [7, 11) is 0. The van der Waals surface area contributed by atoms with Crippen molar-refractivity contribution in [1.29, 1.82) is 0 Å². The first kappa shape index (κ1) is 21.8. The number of hydrogen-bond donors (Lipinski definition) is 0. The van der Waals surface area contributed by atoms with E-state index in [0.29, 0.717) is 30.2 Å². The maximum atomic E-state index is 13.7. The fraction of sp³-hybridized carbons (Fsp3) is 0.250. The predicted octanol–water partition coefficient (Wildman–Crippen LogP) is 3.28. The molecular formula is C24H21FN4O5. The van der Waals surface area contributed by atoms with Gasteiger partial charge in [-0.15, -0.1) is 0 Å². The molecule has 0 saturated carbocycles. The third kappa shape index (κ3) is 4.53. The van der Waals surface area contributed by atoms with Crippen LogP contribution >= 0.6 is 0 Å². The molecule has 0 N–H and O–H groups in total. The number of carbonyl (C=O) groups excluding carboxylic acids is 2. The number of rotatable bonds is 4. The Balaban J connectivity index is 1.34. The van der Waals surface area contributed by atoms with Gasteiger partial charge in [0.05, 0.1) is 32.0 Å². The molecule has 10 heteroatoms. The standard InChI is InChI=1S/C24H21FN4O5/c25-18-5-2-6-19(13-18)29-15-24(34-23(29)31)14-28(10-11-32-16-24)21(30)17-4-1-7-20(12-17)33-22-26-8-3-9-27-22/h1-9,12-13H,10-11,14-16H2/t24-/m0/s1. The first-order chi connectivity index (χ1) is 16.5. The molecule has 0 unspecified atom stereocenters. The average molecular weight is 464 g/mol. The Morgan fingerprint density at radius 1 is 1.06 bits per heavy atom. The van der Waals surface area contributed by atoms with E-state index in [1.54, 1.807) is 53.7 Å². The van der Waals surface area contributed by atoms with Crippen molar-refractivity contribution in [1.82, 2.24) is 14.9 Å². The highest BCUT2D eigenvalue weighted by atomic mass is 19.1. The molecule has 0 aliphatic carbocycles. The molecule has 2 aliphatic heterocycles. The van der Waals surface area contributed by atoms with Crippen LogP contribution in [0.1, 0.15) is 10.4 Å². The lowest BCUT2D eigenvalue weighted by molar-refractivity contribution is -0.0140. The van der Waals surface area contributed by atoms with E-state index >= 15 is 0 Å². The van der Waals surface area contributed by atoms with E-state index in [1.165, 1.54) is 23.1 Å². The Kier molecular flexibility index (Phi) is 5.81. The van der Waals surface area contributed by atoms with Crippen molar-refractivity contribution < 1.29 is 28.2 Å². The van der Waals surface area contributed by atoms with Crippen LogP contribution in [0.25, 0.3) is 0 Å². The third-order valence-electron chi connectivity index (χ3n) is 5.56. The first-order valence-corrected chi connectivity index (χ1v) is 10.7. The molecule has 2 amide bonds. The minimum absolute atomic E-state index is 0.128. The quantitative estimate of drug-likeness (QED) is 0.585. The fourth-order valence-electron chi connectivity index (χ4n) is 4.02. The minimum Gasteiger partial charge on any atom is -0.436 e. The minimum atomic E-state index is -1.07. The van der Waals surface area contributed by atoms with Crippen molar-refractivity contribution in [3.05, 3.63) is 78.4 Å². The summed E-state index contributed by atoms with van der Waals surface area (Å²) in [4.78, 5) is 37.0. The summed E-state index contributed by atoms with van der Waals surface area (Å²) in [5.74, 6) is -0.296. The molecule has 1 atom stereocenters. The zero-order chi connectivity index (χ0) is 23.5. The number of nitrogens with zero attached hydrogens (tertiary/aromatic N) is 4. The van der Waals surface area contributed by atoms with Crippen LogP contribution in [0.5, 0.6) is 11.8 Å². The van der Waals surface area contributed by atoms with Gasteiger partial charge in [-0.05, 0) is 42.5 Å². The summed E-state index contributed by atoms with van der Waals surface area (Å²) in [6, 6.07) is 14.3. The third-order valence-corrected chi connectivity index (χ3v) is 5.56. The van der Waals surface area contributed by atoms with E-state index in [0.717, 1.165) is 0 Å². The van der Waals surface area contributed by atoms with Crippen LogP contribution in [0.15, 0.2) is 67.0 Å². The Morgan fingerprint density at radius 2 is 1.88 bits per heavy atom. The zero-order valence-corrected chi connectivity index (χ0v) is 18.1. The first-order valence-electron chi connectivity index (χ1n) is 10.7. The van der Waals surface area contributed by atoms with Gasteiger partial charge >= 0.3 is 12.1 Å². The van der Waals surface area contributed by atoms with Gasteiger partial charge in [0.2, 0.25) is 0 Å². The van der Waals surface area contributed by atoms with Crippen LogP contribution in [-0.4, -0.2) is 65.3 Å². The van der Waals surface area contributed by atoms with Crippen molar-refractivity contribution in [2.45, 2.75) is 5.60 Å². The van der Waals surface area contributed by atoms with E-state index in [1.807, 2.05) is 0 Å². The van der Waals surface area contributed by atoms with Crippen LogP contribution in [0.3, 0.4) is 0 Å². The highest BCUT2D eigenvalue weighted by Crippen LogP contribution is 2.31. The molecule has 3 heterocycles. The van der Waals surface area contributed by atoms with Crippen molar-refractivity contribution in [3.63, 3.8) is 0 Å². The molecule has 3 aromatic rings. The summed E-state index contributed by atoms with van der Waals surface area (Å²) < 4.78 is 30.7. The number of carbonyl (C=O) groups is 2. The van der Waals surface area contributed by atoms with Crippen molar-refractivity contribution in [3.8, 4) is 11.8 Å². The number of amides is 2. The number of anilines is 1. The second-order valence-electron chi connectivity index (χ2n) is 8.06. The van der Waals surface area contributed by atoms with Crippen LogP contribution in [0, 0.1) is 5.82 Å². The van der Waals surface area contributed by atoms with Gasteiger partial charge in [0.25, 0.3) is 5.91 Å². The van der Waals surface area contributed by atoms with Gasteiger partial charge in [0.15, 0.2) is 5.60 Å². The van der Waals surface area contributed by atoms with Gasteiger partial charge in [-0.25, -0.2) is 19.2 Å². The largest absolute Gasteiger partial charge is 0.436 e. The average Bonchev–Trinajstić information content (AvgIpc) is 3.03. The van der Waals surface area contributed by atoms with E-state index in [9.17, 15) is 14.0 Å². The molecular weight excluding hydrogens is 443 g/mol. The molecule has 1 aromatic heterocycles. The lowest BCUT2D eigenvalue weighted by Gasteiger charge is -2.29. The van der Waals surface area contributed by atoms with Gasteiger partial charge in [-0.3, -0.25) is 9.69 Å². The van der Waals surface area contributed by atoms with Crippen LogP contribution in [-0.2, 0) is 9.47 Å². The molecule has 2 fully saturated rings. The summed E-state index contributed by atoms with van der Waals surface area (Å²) in [6.07, 6.45) is 2.51. The van der Waals surface area contributed by atoms with Gasteiger partial charge in [-0.1, -0.05) is 12.1 Å². The number of hydrogen-bond acceptors (Lipinski definition) is 7. The van der Waals surface area contributed by atoms with Crippen molar-refractivity contribution in [2.75, 3.05) is 37.7 Å². The second kappa shape index (κ2) is 9.06. The number of ether oxygens (including phenoxy) is 3. The monoisotopic (exact) mass is 464 g/mol. The Hall–Kier alpha value is -4.05. The maximum absolute atomic E-state index is 13.7. The zero-order valence-electron chi connectivity index (χ0n) is 18.1. The smallest absolute Gasteiger partial charge is 0.415 e. The highest BCUT2D eigenvalue weighted by Gasteiger charge is 2.49. The highest BCUT2D eigenvalue weighted by molar-refractivity contribution is 5.95. The van der Waals surface area contributed by atoms with Crippen LogP contribution < -0.4 is 9.64 Å². The molecule has 2 aliphatic rings. The lowest BCUT2D eigenvalue weighted by Crippen LogP contribution is -2.49. The van der Waals surface area contributed by atoms with Gasteiger partial charge in [0, 0.05) is 24.5 Å². The lowest BCUT2D eigenvalue weighted by atomic mass is 10.0. The summed E-state index contributed by atoms with van der Waals surface area (Å²) in [6.45, 7) is 1.01. The molecule has 5 rings (SSSR count). The normalized spacial score (nSPS) is 20.2.